The highest BCUT2D eigenvalue weighted by Crippen LogP contribution is 2.39. The van der Waals surface area contributed by atoms with Crippen molar-refractivity contribution in [2.75, 3.05) is 4.90 Å². The predicted octanol–water partition coefficient (Wildman–Crippen LogP) is 4.63. The number of nitriles is 1. The molecule has 4 nitrogen and oxygen atoms in total. The van der Waals surface area contributed by atoms with Crippen LogP contribution in [0.5, 0.6) is 0 Å². The van der Waals surface area contributed by atoms with Gasteiger partial charge in [-0.15, -0.1) is 0 Å². The van der Waals surface area contributed by atoms with Gasteiger partial charge in [0.05, 0.1) is 10.6 Å². The Morgan fingerprint density at radius 2 is 1.84 bits per heavy atom. The quantitative estimate of drug-likeness (QED) is 0.805. The van der Waals surface area contributed by atoms with Crippen molar-refractivity contribution in [2.45, 2.75) is 38.0 Å². The lowest BCUT2D eigenvalue weighted by atomic mass is 10.1. The van der Waals surface area contributed by atoms with Gasteiger partial charge in [0.2, 0.25) is 9.84 Å². The summed E-state index contributed by atoms with van der Waals surface area (Å²) < 4.78 is 25.2. The van der Waals surface area contributed by atoms with E-state index in [-0.39, 0.29) is 9.80 Å². The molecule has 0 aliphatic carbocycles. The summed E-state index contributed by atoms with van der Waals surface area (Å²) in [5.41, 5.74) is 3.64. The van der Waals surface area contributed by atoms with Gasteiger partial charge in [-0.25, -0.2) is 8.42 Å². The number of anilines is 2. The Morgan fingerprint density at radius 1 is 1.12 bits per heavy atom. The third-order valence-electron chi connectivity index (χ3n) is 4.34. The smallest absolute Gasteiger partial charge is 0.220 e. The molecule has 0 aromatic heterocycles. The van der Waals surface area contributed by atoms with Crippen LogP contribution in [0.1, 0.15) is 30.9 Å². The average Bonchev–Trinajstić information content (AvgIpc) is 2.60. The zero-order chi connectivity index (χ0) is 18.0. The second-order valence-corrected chi connectivity index (χ2v) is 8.11. The molecular formula is C20H20N2O2S. The molecule has 25 heavy (non-hydrogen) atoms. The van der Waals surface area contributed by atoms with Crippen molar-refractivity contribution in [3.05, 3.63) is 64.7 Å². The molecule has 2 aromatic rings. The van der Waals surface area contributed by atoms with Gasteiger partial charge in [-0.05, 0) is 55.2 Å². The molecule has 1 heterocycles. The normalized spacial score (nSPS) is 15.2. The van der Waals surface area contributed by atoms with Crippen LogP contribution in [-0.2, 0) is 16.3 Å². The van der Waals surface area contributed by atoms with E-state index in [1.807, 2.05) is 31.2 Å². The van der Waals surface area contributed by atoms with Crippen LogP contribution in [0.4, 0.5) is 11.4 Å². The Kier molecular flexibility index (Phi) is 4.65. The van der Waals surface area contributed by atoms with Crippen LogP contribution in [0, 0.1) is 18.3 Å². The fourth-order valence-electron chi connectivity index (χ4n) is 2.92. The number of aryl methyl sites for hydroxylation is 2. The molecule has 1 aliphatic rings. The molecule has 128 valence electrons. The van der Waals surface area contributed by atoms with Gasteiger partial charge < -0.3 is 4.90 Å². The molecule has 0 unspecified atom stereocenters. The van der Waals surface area contributed by atoms with Crippen molar-refractivity contribution in [1.29, 1.82) is 5.26 Å². The Balaban J connectivity index is 2.09. The maximum Gasteiger partial charge on any atom is 0.220 e. The van der Waals surface area contributed by atoms with Gasteiger partial charge >= 0.3 is 0 Å². The van der Waals surface area contributed by atoms with E-state index in [1.54, 1.807) is 17.0 Å². The maximum atomic E-state index is 12.6. The lowest BCUT2D eigenvalue weighted by Gasteiger charge is -2.28. The Morgan fingerprint density at radius 3 is 2.48 bits per heavy atom. The number of nitrogens with zero attached hydrogens (tertiary/aromatic N) is 2. The zero-order valence-corrected chi connectivity index (χ0v) is 15.2. The summed E-state index contributed by atoms with van der Waals surface area (Å²) in [5, 5.41) is 9.29. The first-order chi connectivity index (χ1) is 12.0. The van der Waals surface area contributed by atoms with E-state index in [4.69, 9.17) is 0 Å². The highest BCUT2D eigenvalue weighted by Gasteiger charge is 2.32. The zero-order valence-electron chi connectivity index (χ0n) is 14.4. The fourth-order valence-corrected chi connectivity index (χ4v) is 4.21. The number of fused-ring (bicyclic) bond motifs is 1. The van der Waals surface area contributed by atoms with E-state index in [0.717, 1.165) is 30.5 Å². The second kappa shape index (κ2) is 6.73. The van der Waals surface area contributed by atoms with E-state index in [2.05, 4.69) is 19.1 Å². The van der Waals surface area contributed by atoms with Crippen LogP contribution < -0.4 is 4.90 Å². The molecular weight excluding hydrogens is 332 g/mol. The minimum atomic E-state index is -3.75. The number of sulfone groups is 1. The van der Waals surface area contributed by atoms with Crippen LogP contribution in [0.15, 0.2) is 58.5 Å². The highest BCUT2D eigenvalue weighted by molar-refractivity contribution is 7.95. The summed E-state index contributed by atoms with van der Waals surface area (Å²) in [6.45, 7) is 4.08. The van der Waals surface area contributed by atoms with Crippen molar-refractivity contribution in [1.82, 2.24) is 0 Å². The molecule has 0 saturated heterocycles. The molecule has 0 bridgehead atoms. The standard InChI is InChI=1S/C20H20N2O2S/c1-3-4-5-16-7-9-17(10-8-16)22-14-18(13-21)25(23,24)20-11-6-15(2)12-19(20)22/h6-12,14H,3-5H2,1-2H3. The molecule has 1 aliphatic heterocycles. The number of hydrogen-bond donors (Lipinski definition) is 0. The van der Waals surface area contributed by atoms with E-state index in [1.165, 1.54) is 11.8 Å². The molecule has 5 heteroatoms. The van der Waals surface area contributed by atoms with Crippen LogP contribution in [-0.4, -0.2) is 8.42 Å². The molecule has 0 amide bonds. The van der Waals surface area contributed by atoms with Gasteiger partial charge in [-0.3, -0.25) is 0 Å². The largest absolute Gasteiger partial charge is 0.314 e. The first-order valence-electron chi connectivity index (χ1n) is 8.33. The van der Waals surface area contributed by atoms with Crippen molar-refractivity contribution in [3.63, 3.8) is 0 Å². The molecule has 3 rings (SSSR count). The van der Waals surface area contributed by atoms with Crippen molar-refractivity contribution >= 4 is 21.2 Å². The van der Waals surface area contributed by atoms with E-state index in [0.29, 0.717) is 5.69 Å². The number of hydrogen-bond acceptors (Lipinski definition) is 4. The number of rotatable bonds is 4. The van der Waals surface area contributed by atoms with Crippen LogP contribution >= 0.6 is 0 Å². The van der Waals surface area contributed by atoms with Crippen molar-refractivity contribution < 1.29 is 8.42 Å². The summed E-state index contributed by atoms with van der Waals surface area (Å²) in [4.78, 5) is 1.72. The van der Waals surface area contributed by atoms with Gasteiger partial charge in [0.25, 0.3) is 0 Å². The van der Waals surface area contributed by atoms with Crippen molar-refractivity contribution in [3.8, 4) is 6.07 Å². The molecule has 0 atom stereocenters. The average molecular weight is 352 g/mol. The maximum absolute atomic E-state index is 12.6. The molecule has 0 radical (unpaired) electrons. The number of unbranched alkanes of at least 4 members (excludes halogenated alkanes) is 1. The first-order valence-corrected chi connectivity index (χ1v) is 9.81. The van der Waals surface area contributed by atoms with Crippen LogP contribution in [0.25, 0.3) is 0 Å². The number of benzene rings is 2. The van der Waals surface area contributed by atoms with Gasteiger partial charge in [-0.1, -0.05) is 31.5 Å². The van der Waals surface area contributed by atoms with Gasteiger partial charge in [0.1, 0.15) is 6.07 Å². The number of allylic oxidation sites excluding steroid dienone is 1. The van der Waals surface area contributed by atoms with Gasteiger partial charge in [0, 0.05) is 11.9 Å². The Hall–Kier alpha value is -2.58. The predicted molar refractivity (Wildman–Crippen MR) is 99.3 cm³/mol. The van der Waals surface area contributed by atoms with Crippen LogP contribution in [0.3, 0.4) is 0 Å². The summed E-state index contributed by atoms with van der Waals surface area (Å²) in [6.07, 6.45) is 4.73. The first kappa shape index (κ1) is 17.2. The third-order valence-corrected chi connectivity index (χ3v) is 6.04. The van der Waals surface area contributed by atoms with E-state index < -0.39 is 9.84 Å². The molecule has 2 aromatic carbocycles. The minimum absolute atomic E-state index is 0.173. The lowest BCUT2D eigenvalue weighted by Crippen LogP contribution is -2.21. The van der Waals surface area contributed by atoms with Crippen LogP contribution in [0.2, 0.25) is 0 Å². The van der Waals surface area contributed by atoms with E-state index in [9.17, 15) is 13.7 Å². The Labute approximate surface area is 148 Å². The van der Waals surface area contributed by atoms with E-state index >= 15 is 0 Å². The molecule has 0 saturated carbocycles. The Bertz CT molecular complexity index is 968. The minimum Gasteiger partial charge on any atom is -0.314 e. The molecule has 0 N–H and O–H groups in total. The summed E-state index contributed by atoms with van der Waals surface area (Å²) in [7, 11) is -3.75. The molecule has 0 spiro atoms. The molecule has 0 fully saturated rings. The summed E-state index contributed by atoms with van der Waals surface area (Å²) in [6, 6.07) is 15.0. The third kappa shape index (κ3) is 3.18. The monoisotopic (exact) mass is 352 g/mol. The van der Waals surface area contributed by atoms with Gasteiger partial charge in [0.15, 0.2) is 4.91 Å². The summed E-state index contributed by atoms with van der Waals surface area (Å²) in [5.74, 6) is 0. The van der Waals surface area contributed by atoms with Crippen molar-refractivity contribution in [2.24, 2.45) is 0 Å². The lowest BCUT2D eigenvalue weighted by molar-refractivity contribution is 0.602. The second-order valence-electron chi connectivity index (χ2n) is 6.22. The van der Waals surface area contributed by atoms with Gasteiger partial charge in [-0.2, -0.15) is 5.26 Å². The highest BCUT2D eigenvalue weighted by atomic mass is 32.2. The SMILES string of the molecule is CCCCc1ccc(N2C=C(C#N)S(=O)(=O)c3ccc(C)cc32)cc1. The summed E-state index contributed by atoms with van der Waals surface area (Å²) >= 11 is 0. The fraction of sp³-hybridized carbons (Fsp3) is 0.250. The topological polar surface area (TPSA) is 61.2 Å².